The number of nitro benzene ring substituents is 1. The summed E-state index contributed by atoms with van der Waals surface area (Å²) in [6.07, 6.45) is 3.19. The first kappa shape index (κ1) is 15.5. The topological polar surface area (TPSA) is 55.2 Å². The van der Waals surface area contributed by atoms with Crippen LogP contribution in [-0.4, -0.2) is 23.0 Å². The highest BCUT2D eigenvalue weighted by Crippen LogP contribution is 2.28. The Morgan fingerprint density at radius 3 is 2.89 bits per heavy atom. The third kappa shape index (κ3) is 4.59. The number of hydrogen-bond acceptors (Lipinski definition) is 4. The molecule has 1 atom stereocenters. The van der Waals surface area contributed by atoms with E-state index in [9.17, 15) is 10.1 Å². The van der Waals surface area contributed by atoms with Crippen molar-refractivity contribution in [3.8, 4) is 0 Å². The Labute approximate surface area is 120 Å². The second-order valence-corrected chi connectivity index (χ2v) is 6.09. The Bertz CT molecular complexity index is 415. The van der Waals surface area contributed by atoms with Crippen LogP contribution in [0.3, 0.4) is 0 Å². The lowest BCUT2D eigenvalue weighted by Crippen LogP contribution is -2.18. The summed E-state index contributed by atoms with van der Waals surface area (Å²) in [5.41, 5.74) is 1.03. The van der Waals surface area contributed by atoms with Gasteiger partial charge in [0.15, 0.2) is 0 Å². The van der Waals surface area contributed by atoms with Gasteiger partial charge in [0, 0.05) is 17.9 Å². The second-order valence-electron chi connectivity index (χ2n) is 4.02. The predicted molar refractivity (Wildman–Crippen MR) is 80.1 cm³/mol. The van der Waals surface area contributed by atoms with Gasteiger partial charge in [-0.05, 0) is 40.7 Å². The molecule has 6 heteroatoms. The number of halogens is 1. The zero-order valence-electron chi connectivity index (χ0n) is 10.5. The second kappa shape index (κ2) is 7.76. The van der Waals surface area contributed by atoms with Crippen LogP contribution in [0.1, 0.15) is 18.9 Å². The molecule has 0 aliphatic heterocycles. The first-order valence-electron chi connectivity index (χ1n) is 5.71. The van der Waals surface area contributed by atoms with Crippen molar-refractivity contribution in [2.75, 3.05) is 12.8 Å². The third-order valence-corrected chi connectivity index (χ3v) is 4.66. The summed E-state index contributed by atoms with van der Waals surface area (Å²) < 4.78 is 0.570. The molecular formula is C12H17BrN2O2S. The van der Waals surface area contributed by atoms with Crippen molar-refractivity contribution in [2.45, 2.75) is 25.1 Å². The molecule has 0 bridgehead atoms. The molecule has 0 amide bonds. The molecule has 0 aliphatic rings. The molecule has 1 unspecified atom stereocenters. The van der Waals surface area contributed by atoms with E-state index in [1.807, 2.05) is 17.8 Å². The molecule has 0 fully saturated rings. The minimum atomic E-state index is -0.372. The molecule has 0 saturated carbocycles. The maximum atomic E-state index is 10.8. The first-order chi connectivity index (χ1) is 8.56. The summed E-state index contributed by atoms with van der Waals surface area (Å²) >= 11 is 5.13. The Hall–Kier alpha value is -0.590. The normalized spacial score (nSPS) is 12.4. The summed E-state index contributed by atoms with van der Waals surface area (Å²) in [4.78, 5) is 10.4. The average Bonchev–Trinajstić information content (AvgIpc) is 2.35. The lowest BCUT2D eigenvalue weighted by molar-refractivity contribution is -0.385. The fourth-order valence-electron chi connectivity index (χ4n) is 1.49. The molecule has 18 heavy (non-hydrogen) atoms. The number of nitro groups is 1. The zero-order chi connectivity index (χ0) is 13.5. The fourth-order valence-corrected chi connectivity index (χ4v) is 2.39. The van der Waals surface area contributed by atoms with Gasteiger partial charge in [0.05, 0.1) is 9.40 Å². The van der Waals surface area contributed by atoms with Crippen LogP contribution < -0.4 is 5.32 Å². The van der Waals surface area contributed by atoms with Crippen molar-refractivity contribution in [1.29, 1.82) is 0 Å². The molecule has 0 heterocycles. The lowest BCUT2D eigenvalue weighted by atomic mass is 10.2. The zero-order valence-corrected chi connectivity index (χ0v) is 12.9. The van der Waals surface area contributed by atoms with Gasteiger partial charge in [0.2, 0.25) is 0 Å². The maximum Gasteiger partial charge on any atom is 0.283 e. The van der Waals surface area contributed by atoms with Crippen molar-refractivity contribution >= 4 is 33.4 Å². The SMILES string of the molecule is CSC(C)CCNCc1cccc([N+](=O)[O-])c1Br. The summed E-state index contributed by atoms with van der Waals surface area (Å²) in [5.74, 6) is 0. The van der Waals surface area contributed by atoms with E-state index >= 15 is 0 Å². The monoisotopic (exact) mass is 332 g/mol. The summed E-state index contributed by atoms with van der Waals surface area (Å²) in [7, 11) is 0. The number of benzene rings is 1. The van der Waals surface area contributed by atoms with Crippen LogP contribution in [0.2, 0.25) is 0 Å². The van der Waals surface area contributed by atoms with E-state index in [1.54, 1.807) is 6.07 Å². The van der Waals surface area contributed by atoms with E-state index < -0.39 is 0 Å². The van der Waals surface area contributed by atoms with Crippen LogP contribution in [-0.2, 0) is 6.54 Å². The minimum Gasteiger partial charge on any atom is -0.313 e. The van der Waals surface area contributed by atoms with E-state index in [-0.39, 0.29) is 10.6 Å². The largest absolute Gasteiger partial charge is 0.313 e. The van der Waals surface area contributed by atoms with Crippen molar-refractivity contribution < 1.29 is 4.92 Å². The van der Waals surface area contributed by atoms with Crippen LogP contribution in [0, 0.1) is 10.1 Å². The Kier molecular flexibility index (Phi) is 6.67. The van der Waals surface area contributed by atoms with Crippen molar-refractivity contribution in [3.63, 3.8) is 0 Å². The predicted octanol–water partition coefficient (Wildman–Crippen LogP) is 3.59. The van der Waals surface area contributed by atoms with Crippen LogP contribution in [0.15, 0.2) is 22.7 Å². The molecule has 1 N–H and O–H groups in total. The first-order valence-corrected chi connectivity index (χ1v) is 7.79. The molecule has 100 valence electrons. The average molecular weight is 333 g/mol. The van der Waals surface area contributed by atoms with Gasteiger partial charge in [-0.2, -0.15) is 11.8 Å². The molecule has 0 radical (unpaired) electrons. The Balaban J connectivity index is 2.53. The third-order valence-electron chi connectivity index (χ3n) is 2.70. The van der Waals surface area contributed by atoms with Crippen molar-refractivity contribution in [3.05, 3.63) is 38.3 Å². The van der Waals surface area contributed by atoms with E-state index in [0.29, 0.717) is 16.3 Å². The molecule has 0 saturated heterocycles. The van der Waals surface area contributed by atoms with Gasteiger partial charge in [-0.15, -0.1) is 0 Å². The number of thioether (sulfide) groups is 1. The standard InChI is InChI=1S/C12H17BrN2O2S/c1-9(18-2)6-7-14-8-10-4-3-5-11(12(10)13)15(16)17/h3-5,9,14H,6-8H2,1-2H3. The number of hydrogen-bond donors (Lipinski definition) is 1. The van der Waals surface area contributed by atoms with Crippen molar-refractivity contribution in [2.24, 2.45) is 0 Å². The highest BCUT2D eigenvalue weighted by atomic mass is 79.9. The van der Waals surface area contributed by atoms with E-state index in [2.05, 4.69) is 34.4 Å². The maximum absolute atomic E-state index is 10.8. The molecule has 4 nitrogen and oxygen atoms in total. The summed E-state index contributed by atoms with van der Waals surface area (Å²) in [6, 6.07) is 5.11. The fraction of sp³-hybridized carbons (Fsp3) is 0.500. The van der Waals surface area contributed by atoms with Gasteiger partial charge in [0.1, 0.15) is 0 Å². The lowest BCUT2D eigenvalue weighted by Gasteiger charge is -2.10. The van der Waals surface area contributed by atoms with Gasteiger partial charge in [-0.1, -0.05) is 19.1 Å². The molecule has 0 aromatic heterocycles. The van der Waals surface area contributed by atoms with Crippen LogP contribution in [0.25, 0.3) is 0 Å². The van der Waals surface area contributed by atoms with E-state index in [0.717, 1.165) is 18.5 Å². The Morgan fingerprint density at radius 2 is 2.28 bits per heavy atom. The molecule has 1 aromatic rings. The van der Waals surface area contributed by atoms with Crippen LogP contribution in [0.4, 0.5) is 5.69 Å². The number of rotatable bonds is 7. The van der Waals surface area contributed by atoms with Gasteiger partial charge in [0.25, 0.3) is 5.69 Å². The molecular weight excluding hydrogens is 316 g/mol. The minimum absolute atomic E-state index is 0.117. The Morgan fingerprint density at radius 1 is 1.56 bits per heavy atom. The smallest absolute Gasteiger partial charge is 0.283 e. The quantitative estimate of drug-likeness (QED) is 0.471. The van der Waals surface area contributed by atoms with Gasteiger partial charge in [-0.25, -0.2) is 0 Å². The van der Waals surface area contributed by atoms with Gasteiger partial charge >= 0.3 is 0 Å². The highest BCUT2D eigenvalue weighted by molar-refractivity contribution is 9.10. The number of nitrogens with zero attached hydrogens (tertiary/aromatic N) is 1. The van der Waals surface area contributed by atoms with Crippen LogP contribution in [0.5, 0.6) is 0 Å². The molecule has 1 rings (SSSR count). The molecule has 0 aliphatic carbocycles. The van der Waals surface area contributed by atoms with Gasteiger partial charge in [-0.3, -0.25) is 10.1 Å². The highest BCUT2D eigenvalue weighted by Gasteiger charge is 2.14. The molecule has 1 aromatic carbocycles. The summed E-state index contributed by atoms with van der Waals surface area (Å²) in [5, 5.41) is 14.7. The summed E-state index contributed by atoms with van der Waals surface area (Å²) in [6.45, 7) is 3.75. The van der Waals surface area contributed by atoms with E-state index in [4.69, 9.17) is 0 Å². The van der Waals surface area contributed by atoms with E-state index in [1.165, 1.54) is 6.07 Å². The van der Waals surface area contributed by atoms with Crippen molar-refractivity contribution in [1.82, 2.24) is 5.32 Å². The van der Waals surface area contributed by atoms with Crippen LogP contribution >= 0.6 is 27.7 Å². The van der Waals surface area contributed by atoms with Gasteiger partial charge < -0.3 is 5.32 Å². The molecule has 0 spiro atoms. The number of nitrogens with one attached hydrogen (secondary N) is 1.